The first-order chi connectivity index (χ1) is 7.51. The highest BCUT2D eigenvalue weighted by Gasteiger charge is 2.02. The van der Waals surface area contributed by atoms with Crippen LogP contribution in [0.4, 0.5) is 0 Å². The van der Waals surface area contributed by atoms with Crippen molar-refractivity contribution in [3.8, 4) is 0 Å². The summed E-state index contributed by atoms with van der Waals surface area (Å²) in [5.74, 6) is -0.812. The molecule has 0 aliphatic carbocycles. The minimum atomic E-state index is -0.406. The molecule has 0 aromatic rings. The molecule has 4 nitrogen and oxygen atoms in total. The van der Waals surface area contributed by atoms with Crippen molar-refractivity contribution in [3.05, 3.63) is 23.3 Å². The standard InChI is InChI=1S/C12H18O4/c1-5-15-11(13)7-9(3)10(4)8-12(14)16-6-2/h7-8H,5-6H2,1-4H3/b9-7-,10-8-. The van der Waals surface area contributed by atoms with E-state index in [0.717, 1.165) is 0 Å². The molecule has 0 heterocycles. The molecular weight excluding hydrogens is 208 g/mol. The number of esters is 2. The van der Waals surface area contributed by atoms with Crippen molar-refractivity contribution in [2.24, 2.45) is 0 Å². The molecule has 0 amide bonds. The van der Waals surface area contributed by atoms with Gasteiger partial charge in [0.05, 0.1) is 13.2 Å². The first-order valence-electron chi connectivity index (χ1n) is 5.21. The first kappa shape index (κ1) is 14.4. The lowest BCUT2D eigenvalue weighted by molar-refractivity contribution is -0.138. The molecular formula is C12H18O4. The maximum Gasteiger partial charge on any atom is 0.331 e. The van der Waals surface area contributed by atoms with E-state index in [2.05, 4.69) is 0 Å². The number of ether oxygens (including phenoxy) is 2. The smallest absolute Gasteiger partial charge is 0.331 e. The van der Waals surface area contributed by atoms with Gasteiger partial charge in [0.1, 0.15) is 0 Å². The molecule has 0 saturated carbocycles. The normalized spacial score (nSPS) is 12.2. The van der Waals surface area contributed by atoms with Crippen LogP contribution in [0, 0.1) is 0 Å². The van der Waals surface area contributed by atoms with Gasteiger partial charge in [-0.05, 0) is 38.8 Å². The largest absolute Gasteiger partial charge is 0.463 e. The van der Waals surface area contributed by atoms with Crippen LogP contribution in [0.2, 0.25) is 0 Å². The average Bonchev–Trinajstić information content (AvgIpc) is 2.17. The Balaban J connectivity index is 4.53. The molecule has 0 aliphatic rings. The molecule has 0 N–H and O–H groups in total. The Morgan fingerprint density at radius 1 is 0.875 bits per heavy atom. The van der Waals surface area contributed by atoms with E-state index in [1.54, 1.807) is 27.7 Å². The van der Waals surface area contributed by atoms with Crippen LogP contribution < -0.4 is 0 Å². The maximum absolute atomic E-state index is 11.1. The molecule has 0 aromatic carbocycles. The van der Waals surface area contributed by atoms with Crippen LogP contribution in [0.25, 0.3) is 0 Å². The Morgan fingerprint density at radius 2 is 1.19 bits per heavy atom. The minimum Gasteiger partial charge on any atom is -0.463 e. The van der Waals surface area contributed by atoms with Crippen LogP contribution in [-0.2, 0) is 19.1 Å². The third-order valence-corrected chi connectivity index (χ3v) is 1.86. The van der Waals surface area contributed by atoms with Gasteiger partial charge in [-0.15, -0.1) is 0 Å². The molecule has 0 unspecified atom stereocenters. The van der Waals surface area contributed by atoms with Crippen LogP contribution in [0.3, 0.4) is 0 Å². The van der Waals surface area contributed by atoms with E-state index >= 15 is 0 Å². The van der Waals surface area contributed by atoms with Crippen molar-refractivity contribution in [3.63, 3.8) is 0 Å². The van der Waals surface area contributed by atoms with Crippen LogP contribution >= 0.6 is 0 Å². The van der Waals surface area contributed by atoms with Crippen LogP contribution in [0.1, 0.15) is 27.7 Å². The summed E-state index contributed by atoms with van der Waals surface area (Å²) < 4.78 is 9.51. The van der Waals surface area contributed by atoms with Gasteiger partial charge >= 0.3 is 11.9 Å². The summed E-state index contributed by atoms with van der Waals surface area (Å²) in [5, 5.41) is 0. The zero-order valence-electron chi connectivity index (χ0n) is 10.2. The highest BCUT2D eigenvalue weighted by Crippen LogP contribution is 2.08. The van der Waals surface area contributed by atoms with Gasteiger partial charge in [-0.25, -0.2) is 9.59 Å². The maximum atomic E-state index is 11.1. The molecule has 0 aliphatic heterocycles. The number of carbonyl (C=O) groups is 2. The van der Waals surface area contributed by atoms with E-state index in [9.17, 15) is 9.59 Å². The van der Waals surface area contributed by atoms with Gasteiger partial charge in [-0.3, -0.25) is 0 Å². The molecule has 90 valence electrons. The number of rotatable bonds is 5. The van der Waals surface area contributed by atoms with Gasteiger partial charge in [-0.2, -0.15) is 0 Å². The Morgan fingerprint density at radius 3 is 1.44 bits per heavy atom. The van der Waals surface area contributed by atoms with Crippen molar-refractivity contribution in [1.82, 2.24) is 0 Å². The summed E-state index contributed by atoms with van der Waals surface area (Å²) in [6.45, 7) is 7.63. The Kier molecular flexibility index (Phi) is 6.92. The lowest BCUT2D eigenvalue weighted by Gasteiger charge is -2.02. The van der Waals surface area contributed by atoms with Gasteiger partial charge < -0.3 is 9.47 Å². The molecule has 0 fully saturated rings. The van der Waals surface area contributed by atoms with Crippen molar-refractivity contribution in [2.75, 3.05) is 13.2 Å². The number of allylic oxidation sites excluding steroid dienone is 2. The fourth-order valence-electron chi connectivity index (χ4n) is 0.949. The van der Waals surface area contributed by atoms with Gasteiger partial charge in [0.15, 0.2) is 0 Å². The van der Waals surface area contributed by atoms with E-state index in [0.29, 0.717) is 24.4 Å². The molecule has 0 saturated heterocycles. The second kappa shape index (κ2) is 7.68. The van der Waals surface area contributed by atoms with E-state index in [-0.39, 0.29) is 0 Å². The average molecular weight is 226 g/mol. The van der Waals surface area contributed by atoms with E-state index in [1.807, 2.05) is 0 Å². The third kappa shape index (κ3) is 6.01. The molecule has 0 spiro atoms. The van der Waals surface area contributed by atoms with Crippen LogP contribution in [0.15, 0.2) is 23.3 Å². The van der Waals surface area contributed by atoms with Crippen LogP contribution in [0.5, 0.6) is 0 Å². The van der Waals surface area contributed by atoms with Gasteiger partial charge in [0.2, 0.25) is 0 Å². The number of hydrogen-bond acceptors (Lipinski definition) is 4. The minimum absolute atomic E-state index is 0.337. The Hall–Kier alpha value is -1.58. The summed E-state index contributed by atoms with van der Waals surface area (Å²) in [4.78, 5) is 22.3. The molecule has 0 atom stereocenters. The van der Waals surface area contributed by atoms with E-state index in [4.69, 9.17) is 9.47 Å². The second-order valence-electron chi connectivity index (χ2n) is 3.16. The summed E-state index contributed by atoms with van der Waals surface area (Å²) >= 11 is 0. The molecule has 4 heteroatoms. The van der Waals surface area contributed by atoms with Crippen molar-refractivity contribution in [1.29, 1.82) is 0 Å². The predicted molar refractivity (Wildman–Crippen MR) is 60.8 cm³/mol. The molecule has 0 aromatic heterocycles. The SMILES string of the molecule is CCOC(=O)/C=C(C)\C(C)=C/C(=O)OCC. The lowest BCUT2D eigenvalue weighted by Crippen LogP contribution is -2.03. The highest BCUT2D eigenvalue weighted by molar-refractivity contribution is 5.86. The second-order valence-corrected chi connectivity index (χ2v) is 3.16. The molecule has 0 bridgehead atoms. The summed E-state index contributed by atoms with van der Waals surface area (Å²) in [7, 11) is 0. The van der Waals surface area contributed by atoms with Gasteiger partial charge in [0, 0.05) is 12.2 Å². The first-order valence-corrected chi connectivity index (χ1v) is 5.21. The number of hydrogen-bond donors (Lipinski definition) is 0. The van der Waals surface area contributed by atoms with E-state index in [1.165, 1.54) is 12.2 Å². The summed E-state index contributed by atoms with van der Waals surface area (Å²) in [6, 6.07) is 0. The lowest BCUT2D eigenvalue weighted by atomic mass is 10.1. The predicted octanol–water partition coefficient (Wildman–Crippen LogP) is 2.01. The fraction of sp³-hybridized carbons (Fsp3) is 0.500. The Bertz CT molecular complexity index is 281. The topological polar surface area (TPSA) is 52.6 Å². The summed E-state index contributed by atoms with van der Waals surface area (Å²) in [6.07, 6.45) is 2.71. The zero-order valence-corrected chi connectivity index (χ0v) is 10.2. The van der Waals surface area contributed by atoms with Crippen LogP contribution in [-0.4, -0.2) is 25.2 Å². The fourth-order valence-corrected chi connectivity index (χ4v) is 0.949. The number of carbonyl (C=O) groups excluding carboxylic acids is 2. The quantitative estimate of drug-likeness (QED) is 0.409. The van der Waals surface area contributed by atoms with E-state index < -0.39 is 11.9 Å². The molecule has 0 radical (unpaired) electrons. The third-order valence-electron chi connectivity index (χ3n) is 1.86. The zero-order chi connectivity index (χ0) is 12.6. The Labute approximate surface area is 95.9 Å². The van der Waals surface area contributed by atoms with Crippen molar-refractivity contribution >= 4 is 11.9 Å². The van der Waals surface area contributed by atoms with Crippen molar-refractivity contribution in [2.45, 2.75) is 27.7 Å². The highest BCUT2D eigenvalue weighted by atomic mass is 16.5. The monoisotopic (exact) mass is 226 g/mol. The van der Waals surface area contributed by atoms with Crippen molar-refractivity contribution < 1.29 is 19.1 Å². The molecule has 16 heavy (non-hydrogen) atoms. The molecule has 0 rings (SSSR count). The summed E-state index contributed by atoms with van der Waals surface area (Å²) in [5.41, 5.74) is 1.37. The van der Waals surface area contributed by atoms with Gasteiger partial charge in [-0.1, -0.05) is 0 Å². The van der Waals surface area contributed by atoms with Gasteiger partial charge in [0.25, 0.3) is 0 Å².